The molecule has 0 saturated carbocycles. The van der Waals surface area contributed by atoms with Crippen LogP contribution in [0.15, 0.2) is 54.6 Å². The number of para-hydroxylation sites is 1. The molecule has 0 aliphatic carbocycles. The van der Waals surface area contributed by atoms with Crippen LogP contribution in [0.3, 0.4) is 0 Å². The molecule has 0 aliphatic rings. The molecular weight excluding hydrogens is 360 g/mol. The number of rotatable bonds is 12. The van der Waals surface area contributed by atoms with E-state index in [2.05, 4.69) is 58.9 Å². The molecule has 3 heteroatoms. The Bertz CT molecular complexity index is 692. The van der Waals surface area contributed by atoms with E-state index in [1.807, 2.05) is 37.3 Å². The van der Waals surface area contributed by atoms with E-state index in [1.165, 1.54) is 18.4 Å². The van der Waals surface area contributed by atoms with Crippen molar-refractivity contribution in [3.05, 3.63) is 60.2 Å². The molecule has 2 atom stereocenters. The third kappa shape index (κ3) is 8.10. The fourth-order valence-electron chi connectivity index (χ4n) is 3.39. The Kier molecular flexibility index (Phi) is 9.03. The Balaban J connectivity index is 1.82. The van der Waals surface area contributed by atoms with Gasteiger partial charge in [0.25, 0.3) is 0 Å². The minimum absolute atomic E-state index is 0.319. The van der Waals surface area contributed by atoms with Gasteiger partial charge in [0.15, 0.2) is 6.29 Å². The number of ether oxygens (including phenoxy) is 3. The molecule has 3 nitrogen and oxygen atoms in total. The van der Waals surface area contributed by atoms with Crippen LogP contribution in [0.2, 0.25) is 0 Å². The van der Waals surface area contributed by atoms with Gasteiger partial charge in [-0.25, -0.2) is 0 Å². The van der Waals surface area contributed by atoms with Crippen molar-refractivity contribution in [1.82, 2.24) is 0 Å². The van der Waals surface area contributed by atoms with E-state index in [9.17, 15) is 0 Å². The van der Waals surface area contributed by atoms with Gasteiger partial charge in [-0.2, -0.15) is 0 Å². The maximum atomic E-state index is 5.91. The lowest BCUT2D eigenvalue weighted by molar-refractivity contribution is -0.0739. The Morgan fingerprint density at radius 3 is 2.07 bits per heavy atom. The third-order valence-electron chi connectivity index (χ3n) is 5.59. The number of benzene rings is 2. The topological polar surface area (TPSA) is 27.7 Å². The lowest BCUT2D eigenvalue weighted by atomic mass is 9.74. The van der Waals surface area contributed by atoms with Crippen molar-refractivity contribution in [2.45, 2.75) is 66.6 Å². The summed E-state index contributed by atoms with van der Waals surface area (Å²) in [6, 6.07) is 18.3. The van der Waals surface area contributed by atoms with Crippen LogP contribution >= 0.6 is 0 Å². The van der Waals surface area contributed by atoms with Crippen LogP contribution in [0.5, 0.6) is 11.5 Å². The molecule has 0 aliphatic heterocycles. The highest BCUT2D eigenvalue weighted by Crippen LogP contribution is 2.38. The van der Waals surface area contributed by atoms with Crippen molar-refractivity contribution in [3.63, 3.8) is 0 Å². The first-order valence-electron chi connectivity index (χ1n) is 10.9. The largest absolute Gasteiger partial charge is 0.491 e. The van der Waals surface area contributed by atoms with Crippen molar-refractivity contribution in [2.24, 2.45) is 11.3 Å². The highest BCUT2D eigenvalue weighted by Gasteiger charge is 2.25. The number of hydrogen-bond acceptors (Lipinski definition) is 3. The lowest BCUT2D eigenvalue weighted by Crippen LogP contribution is -2.20. The average molecular weight is 399 g/mol. The lowest BCUT2D eigenvalue weighted by Gasteiger charge is -2.31. The first-order chi connectivity index (χ1) is 13.8. The highest BCUT2D eigenvalue weighted by atomic mass is 16.7. The molecule has 2 unspecified atom stereocenters. The minimum Gasteiger partial charge on any atom is -0.491 e. The summed E-state index contributed by atoms with van der Waals surface area (Å²) in [5.74, 6) is 2.86. The molecule has 0 spiro atoms. The molecule has 0 saturated heterocycles. The Labute approximate surface area is 177 Å². The molecule has 160 valence electrons. The van der Waals surface area contributed by atoms with Crippen molar-refractivity contribution >= 4 is 0 Å². The fourth-order valence-corrected chi connectivity index (χ4v) is 3.39. The first kappa shape index (κ1) is 23.3. The summed E-state index contributed by atoms with van der Waals surface area (Å²) in [6.45, 7) is 14.5. The van der Waals surface area contributed by atoms with Gasteiger partial charge in [0, 0.05) is 0 Å². The Morgan fingerprint density at radius 1 is 0.828 bits per heavy atom. The summed E-state index contributed by atoms with van der Waals surface area (Å²) in [5, 5.41) is 0. The molecular formula is C26H38O3. The molecule has 0 aromatic heterocycles. The van der Waals surface area contributed by atoms with Gasteiger partial charge < -0.3 is 14.2 Å². The van der Waals surface area contributed by atoms with E-state index >= 15 is 0 Å². The van der Waals surface area contributed by atoms with E-state index in [0.29, 0.717) is 30.5 Å². The van der Waals surface area contributed by atoms with E-state index in [4.69, 9.17) is 14.2 Å². The molecule has 0 N–H and O–H groups in total. The zero-order valence-electron chi connectivity index (χ0n) is 19.0. The minimum atomic E-state index is -0.319. The summed E-state index contributed by atoms with van der Waals surface area (Å²) >= 11 is 0. The molecule has 0 radical (unpaired) electrons. The van der Waals surface area contributed by atoms with Gasteiger partial charge in [-0.3, -0.25) is 0 Å². The van der Waals surface area contributed by atoms with Crippen LogP contribution in [-0.2, 0) is 4.74 Å². The molecule has 2 rings (SSSR count). The fraction of sp³-hybridized carbons (Fsp3) is 0.538. The van der Waals surface area contributed by atoms with Gasteiger partial charge in [-0.1, -0.05) is 71.4 Å². The summed E-state index contributed by atoms with van der Waals surface area (Å²) < 4.78 is 17.3. The molecule has 2 aromatic carbocycles. The van der Waals surface area contributed by atoms with Gasteiger partial charge >= 0.3 is 0 Å². The second-order valence-corrected chi connectivity index (χ2v) is 8.86. The van der Waals surface area contributed by atoms with Gasteiger partial charge in [-0.15, -0.1) is 0 Å². The SMILES string of the molecule is CCC(C)(C)CC(c1ccc(OC(C)OCCOc2ccccc2)cc1)C(C)C. The highest BCUT2D eigenvalue weighted by molar-refractivity contribution is 5.30. The molecule has 2 aromatic rings. The van der Waals surface area contributed by atoms with Crippen LogP contribution in [0, 0.1) is 11.3 Å². The molecule has 0 fully saturated rings. The average Bonchev–Trinajstić information content (AvgIpc) is 2.71. The van der Waals surface area contributed by atoms with E-state index in [-0.39, 0.29) is 6.29 Å². The van der Waals surface area contributed by atoms with Gasteiger partial charge in [0.1, 0.15) is 18.1 Å². The van der Waals surface area contributed by atoms with Crippen LogP contribution in [0.25, 0.3) is 0 Å². The smallest absolute Gasteiger partial charge is 0.197 e. The second kappa shape index (κ2) is 11.3. The first-order valence-corrected chi connectivity index (χ1v) is 10.9. The van der Waals surface area contributed by atoms with Crippen LogP contribution in [0.4, 0.5) is 0 Å². The molecule has 29 heavy (non-hydrogen) atoms. The predicted molar refractivity (Wildman–Crippen MR) is 121 cm³/mol. The summed E-state index contributed by atoms with van der Waals surface area (Å²) in [7, 11) is 0. The molecule has 0 bridgehead atoms. The maximum absolute atomic E-state index is 5.91. The van der Waals surface area contributed by atoms with Crippen LogP contribution < -0.4 is 9.47 Å². The van der Waals surface area contributed by atoms with Crippen molar-refractivity contribution in [1.29, 1.82) is 0 Å². The zero-order valence-corrected chi connectivity index (χ0v) is 19.0. The summed E-state index contributed by atoms with van der Waals surface area (Å²) in [6.07, 6.45) is 2.07. The standard InChI is InChI=1S/C26H38O3/c1-7-26(5,6)19-25(20(2)3)22-13-15-24(16-14-22)29-21(4)27-17-18-28-23-11-9-8-10-12-23/h8-16,20-21,25H,7,17-19H2,1-6H3. The third-order valence-corrected chi connectivity index (χ3v) is 5.59. The van der Waals surface area contributed by atoms with E-state index in [1.54, 1.807) is 0 Å². The summed E-state index contributed by atoms with van der Waals surface area (Å²) in [4.78, 5) is 0. The Hall–Kier alpha value is -2.00. The van der Waals surface area contributed by atoms with Crippen molar-refractivity contribution in [3.8, 4) is 11.5 Å². The quantitative estimate of drug-likeness (QED) is 0.282. The van der Waals surface area contributed by atoms with Gasteiger partial charge in [-0.05, 0) is 60.4 Å². The van der Waals surface area contributed by atoms with E-state index in [0.717, 1.165) is 11.5 Å². The van der Waals surface area contributed by atoms with Crippen LogP contribution in [-0.4, -0.2) is 19.5 Å². The van der Waals surface area contributed by atoms with Crippen LogP contribution in [0.1, 0.15) is 65.9 Å². The normalized spacial score (nSPS) is 13.9. The maximum Gasteiger partial charge on any atom is 0.197 e. The van der Waals surface area contributed by atoms with E-state index < -0.39 is 0 Å². The van der Waals surface area contributed by atoms with Crippen molar-refractivity contribution in [2.75, 3.05) is 13.2 Å². The second-order valence-electron chi connectivity index (χ2n) is 8.86. The predicted octanol–water partition coefficient (Wildman–Crippen LogP) is 7.07. The Morgan fingerprint density at radius 2 is 1.48 bits per heavy atom. The van der Waals surface area contributed by atoms with Gasteiger partial charge in [0.05, 0.1) is 6.61 Å². The summed E-state index contributed by atoms with van der Waals surface area (Å²) in [5.41, 5.74) is 1.74. The monoisotopic (exact) mass is 398 g/mol. The zero-order chi connectivity index (χ0) is 21.3. The molecule has 0 amide bonds. The number of hydrogen-bond donors (Lipinski definition) is 0. The van der Waals surface area contributed by atoms with Gasteiger partial charge in [0.2, 0.25) is 0 Å². The molecule has 0 heterocycles. The van der Waals surface area contributed by atoms with Crippen molar-refractivity contribution < 1.29 is 14.2 Å².